The van der Waals surface area contributed by atoms with Crippen molar-refractivity contribution in [2.45, 2.75) is 31.0 Å². The Balaban J connectivity index is 1.80. The Labute approximate surface area is 136 Å². The molecule has 4 rings (SSSR count). The molecule has 0 aromatic carbocycles. The second kappa shape index (κ2) is 5.28. The molecule has 2 aromatic heterocycles. The standard InChI is InChI=1S/C12H14FN5O5P/c1-12(13)7-5(3-21-24(19)23-7)22-10(12)18-4-15-6-8(18)16-11(14)17-9(6)20-2/h4-5,7,10H,3H2,1-2H3,(H2,14,16,17)/q+1. The van der Waals surface area contributed by atoms with Crippen molar-refractivity contribution >= 4 is 25.4 Å². The Bertz CT molecular complexity index is 830. The predicted octanol–water partition coefficient (Wildman–Crippen LogP) is 1.12. The van der Waals surface area contributed by atoms with E-state index in [1.165, 1.54) is 24.9 Å². The zero-order valence-corrected chi connectivity index (χ0v) is 13.6. The van der Waals surface area contributed by atoms with Crippen molar-refractivity contribution in [3.8, 4) is 5.88 Å². The number of rotatable bonds is 2. The number of ether oxygens (including phenoxy) is 2. The van der Waals surface area contributed by atoms with Gasteiger partial charge < -0.3 is 15.2 Å². The van der Waals surface area contributed by atoms with Gasteiger partial charge in [0.1, 0.15) is 12.7 Å². The van der Waals surface area contributed by atoms with Gasteiger partial charge in [0.2, 0.25) is 11.8 Å². The number of aromatic nitrogens is 4. The molecule has 0 radical (unpaired) electrons. The molecule has 10 nitrogen and oxygen atoms in total. The number of fused-ring (bicyclic) bond motifs is 2. The molecule has 24 heavy (non-hydrogen) atoms. The van der Waals surface area contributed by atoms with Gasteiger partial charge in [0.15, 0.2) is 29.2 Å². The molecule has 2 aliphatic rings. The highest BCUT2D eigenvalue weighted by atomic mass is 31.1. The maximum atomic E-state index is 15.4. The van der Waals surface area contributed by atoms with Gasteiger partial charge in [-0.05, 0) is 6.92 Å². The van der Waals surface area contributed by atoms with Gasteiger partial charge in [0.05, 0.1) is 13.4 Å². The molecule has 2 N–H and O–H groups in total. The highest BCUT2D eigenvalue weighted by molar-refractivity contribution is 7.33. The summed E-state index contributed by atoms with van der Waals surface area (Å²) in [5, 5.41) is 0. The fourth-order valence-electron chi connectivity index (χ4n) is 2.99. The summed E-state index contributed by atoms with van der Waals surface area (Å²) in [6.45, 7) is 1.29. The van der Waals surface area contributed by atoms with Crippen LogP contribution >= 0.6 is 8.25 Å². The number of imidazole rings is 1. The van der Waals surface area contributed by atoms with Crippen LogP contribution in [-0.2, 0) is 18.3 Å². The average Bonchev–Trinajstić information content (AvgIpc) is 3.05. The highest BCUT2D eigenvalue weighted by Gasteiger charge is 2.63. The van der Waals surface area contributed by atoms with Crippen molar-refractivity contribution in [1.82, 2.24) is 19.5 Å². The van der Waals surface area contributed by atoms with E-state index in [9.17, 15) is 4.57 Å². The van der Waals surface area contributed by atoms with Crippen molar-refractivity contribution in [2.75, 3.05) is 19.5 Å². The van der Waals surface area contributed by atoms with Crippen LogP contribution in [0.2, 0.25) is 0 Å². The number of alkyl halides is 1. The van der Waals surface area contributed by atoms with E-state index in [1.54, 1.807) is 0 Å². The lowest BCUT2D eigenvalue weighted by Gasteiger charge is -2.24. The van der Waals surface area contributed by atoms with E-state index in [-0.39, 0.29) is 24.1 Å². The van der Waals surface area contributed by atoms with Crippen LogP contribution in [0.5, 0.6) is 5.88 Å². The number of halogens is 1. The van der Waals surface area contributed by atoms with E-state index in [4.69, 9.17) is 24.3 Å². The van der Waals surface area contributed by atoms with Gasteiger partial charge in [-0.3, -0.25) is 4.57 Å². The summed E-state index contributed by atoms with van der Waals surface area (Å²) in [5.74, 6) is 0.134. The third-order valence-corrected chi connectivity index (χ3v) is 4.84. The number of anilines is 1. The lowest BCUT2D eigenvalue weighted by molar-refractivity contribution is -0.0576. The van der Waals surface area contributed by atoms with E-state index in [0.717, 1.165) is 0 Å². The molecule has 5 atom stereocenters. The van der Waals surface area contributed by atoms with Gasteiger partial charge in [0.25, 0.3) is 0 Å². The second-order valence-electron chi connectivity index (χ2n) is 5.64. The van der Waals surface area contributed by atoms with Crippen molar-refractivity contribution in [3.63, 3.8) is 0 Å². The van der Waals surface area contributed by atoms with Crippen LogP contribution in [-0.4, -0.2) is 51.1 Å². The zero-order valence-electron chi connectivity index (χ0n) is 12.7. The van der Waals surface area contributed by atoms with E-state index in [0.29, 0.717) is 5.52 Å². The normalized spacial score (nSPS) is 34.5. The summed E-state index contributed by atoms with van der Waals surface area (Å²) in [4.78, 5) is 12.2. The number of nitrogens with zero attached hydrogens (tertiary/aromatic N) is 4. The minimum absolute atomic E-state index is 0.0248. The highest BCUT2D eigenvalue weighted by Crippen LogP contribution is 2.50. The van der Waals surface area contributed by atoms with E-state index >= 15 is 4.39 Å². The van der Waals surface area contributed by atoms with Crippen LogP contribution in [0.4, 0.5) is 10.3 Å². The van der Waals surface area contributed by atoms with Gasteiger partial charge in [-0.25, -0.2) is 9.37 Å². The molecule has 12 heteroatoms. The quantitative estimate of drug-likeness (QED) is 0.786. The molecular formula is C12H14FN5O5P+. The third kappa shape index (κ3) is 2.16. The smallest absolute Gasteiger partial charge is 0.479 e. The Hall–Kier alpha value is -1.94. The minimum atomic E-state index is -2.37. The zero-order chi connectivity index (χ0) is 17.1. The van der Waals surface area contributed by atoms with Gasteiger partial charge in [-0.15, -0.1) is 9.05 Å². The topological polar surface area (TPSA) is 124 Å². The number of nitrogens with two attached hydrogens (primary N) is 1. The summed E-state index contributed by atoms with van der Waals surface area (Å²) < 4.78 is 49.0. The molecule has 2 aromatic rings. The molecule has 4 heterocycles. The van der Waals surface area contributed by atoms with E-state index in [2.05, 4.69) is 15.0 Å². The van der Waals surface area contributed by atoms with Crippen molar-refractivity contribution in [3.05, 3.63) is 6.33 Å². The number of hydrogen-bond acceptors (Lipinski definition) is 9. The fraction of sp³-hybridized carbons (Fsp3) is 0.583. The number of methoxy groups -OCH3 is 1. The monoisotopic (exact) mass is 358 g/mol. The molecule has 2 aliphatic heterocycles. The lowest BCUT2D eigenvalue weighted by atomic mass is 9.98. The maximum absolute atomic E-state index is 15.4. The van der Waals surface area contributed by atoms with Crippen LogP contribution in [0.1, 0.15) is 13.2 Å². The first kappa shape index (κ1) is 15.6. The van der Waals surface area contributed by atoms with Crippen LogP contribution in [0, 0.1) is 0 Å². The molecule has 0 bridgehead atoms. The summed E-state index contributed by atoms with van der Waals surface area (Å²) in [6.07, 6.45) is -1.47. The largest absolute Gasteiger partial charge is 0.697 e. The van der Waals surface area contributed by atoms with E-state index < -0.39 is 32.4 Å². The van der Waals surface area contributed by atoms with Crippen LogP contribution < -0.4 is 10.5 Å². The molecule has 5 unspecified atom stereocenters. The molecule has 0 amide bonds. The molecule has 2 saturated heterocycles. The van der Waals surface area contributed by atoms with Gasteiger partial charge in [0, 0.05) is 4.57 Å². The molecule has 0 saturated carbocycles. The van der Waals surface area contributed by atoms with Gasteiger partial charge in [-0.2, -0.15) is 9.97 Å². The Morgan fingerprint density at radius 2 is 2.33 bits per heavy atom. The van der Waals surface area contributed by atoms with E-state index in [1.807, 2.05) is 0 Å². The Morgan fingerprint density at radius 3 is 3.08 bits per heavy atom. The SMILES string of the molecule is COc1nc(N)nc2c1ncn2C1OC2CO[P+](=O)OC2C1(C)F. The summed E-state index contributed by atoms with van der Waals surface area (Å²) >= 11 is 0. The van der Waals surface area contributed by atoms with Crippen molar-refractivity contribution in [2.24, 2.45) is 0 Å². The van der Waals surface area contributed by atoms with Gasteiger partial charge in [-0.1, -0.05) is 0 Å². The number of nitrogen functional groups attached to an aromatic ring is 1. The first-order valence-electron chi connectivity index (χ1n) is 7.07. The van der Waals surface area contributed by atoms with Crippen molar-refractivity contribution < 1.29 is 27.5 Å². The molecule has 128 valence electrons. The second-order valence-corrected chi connectivity index (χ2v) is 6.55. The van der Waals surface area contributed by atoms with Crippen LogP contribution in [0.15, 0.2) is 6.33 Å². The molecular weight excluding hydrogens is 344 g/mol. The average molecular weight is 358 g/mol. The Morgan fingerprint density at radius 1 is 1.54 bits per heavy atom. The Kier molecular flexibility index (Phi) is 3.43. The van der Waals surface area contributed by atoms with Crippen molar-refractivity contribution in [1.29, 1.82) is 0 Å². The first-order valence-corrected chi connectivity index (χ1v) is 8.16. The lowest BCUT2D eigenvalue weighted by Crippen LogP contribution is -2.43. The van der Waals surface area contributed by atoms with Crippen LogP contribution in [0.3, 0.4) is 0 Å². The van der Waals surface area contributed by atoms with Crippen LogP contribution in [0.25, 0.3) is 11.2 Å². The predicted molar refractivity (Wildman–Crippen MR) is 78.1 cm³/mol. The molecule has 0 aliphatic carbocycles. The first-order chi connectivity index (χ1) is 11.4. The summed E-state index contributed by atoms with van der Waals surface area (Å²) in [6, 6.07) is 0. The molecule has 2 fully saturated rings. The molecule has 0 spiro atoms. The maximum Gasteiger partial charge on any atom is 0.697 e. The summed E-state index contributed by atoms with van der Waals surface area (Å²) in [7, 11) is -0.948. The fourth-order valence-corrected chi connectivity index (χ4v) is 3.84. The number of hydrogen-bond donors (Lipinski definition) is 1. The minimum Gasteiger partial charge on any atom is -0.479 e. The third-order valence-electron chi connectivity index (χ3n) is 4.08. The summed E-state index contributed by atoms with van der Waals surface area (Å²) in [5.41, 5.74) is 4.27. The van der Waals surface area contributed by atoms with Gasteiger partial charge >= 0.3 is 8.25 Å².